The zero-order valence-electron chi connectivity index (χ0n) is 19.8. The first kappa shape index (κ1) is 25.6. The van der Waals surface area contributed by atoms with Crippen molar-refractivity contribution >= 4 is 21.6 Å². The van der Waals surface area contributed by atoms with E-state index in [0.29, 0.717) is 0 Å². The number of aryl methyl sites for hydroxylation is 1. The van der Waals surface area contributed by atoms with Crippen LogP contribution in [0.4, 0.5) is 10.1 Å². The highest BCUT2D eigenvalue weighted by atomic mass is 32.2. The minimum Gasteiger partial charge on any atom is -0.496 e. The Morgan fingerprint density at radius 2 is 1.72 bits per heavy atom. The van der Waals surface area contributed by atoms with Crippen molar-refractivity contribution in [2.24, 2.45) is 0 Å². The fraction of sp³-hybridized carbons (Fsp3) is 0.458. The number of carbonyl (C=O) groups excluding carboxylic acids is 1. The quantitative estimate of drug-likeness (QED) is 0.584. The Morgan fingerprint density at radius 3 is 2.19 bits per heavy atom. The number of methoxy groups -OCH3 is 1. The number of benzene rings is 2. The molecule has 0 heterocycles. The van der Waals surface area contributed by atoms with Crippen LogP contribution in [0.1, 0.15) is 62.8 Å². The molecule has 2 aromatic rings. The van der Waals surface area contributed by atoms with E-state index in [2.05, 4.69) is 19.2 Å². The summed E-state index contributed by atoms with van der Waals surface area (Å²) in [6, 6.07) is 7.72. The molecule has 176 valence electrons. The molecule has 1 amide bonds. The van der Waals surface area contributed by atoms with Crippen molar-refractivity contribution in [3.63, 3.8) is 0 Å². The van der Waals surface area contributed by atoms with Crippen LogP contribution in [0, 0.1) is 12.7 Å². The second-order valence-corrected chi connectivity index (χ2v) is 10.2. The van der Waals surface area contributed by atoms with E-state index in [1.165, 1.54) is 24.3 Å². The molecule has 0 fully saturated rings. The molecule has 0 aliphatic rings. The largest absolute Gasteiger partial charge is 0.496 e. The van der Waals surface area contributed by atoms with E-state index in [9.17, 15) is 17.6 Å². The first-order valence-electron chi connectivity index (χ1n) is 10.6. The average molecular weight is 465 g/mol. The van der Waals surface area contributed by atoms with E-state index in [1.807, 2.05) is 26.0 Å². The number of hydrogen-bond acceptors (Lipinski definition) is 4. The Hall–Kier alpha value is -2.61. The van der Waals surface area contributed by atoms with Crippen LogP contribution < -0.4 is 14.4 Å². The minimum atomic E-state index is -3.79. The number of ether oxygens (including phenoxy) is 1. The van der Waals surface area contributed by atoms with Crippen molar-refractivity contribution in [3.8, 4) is 5.75 Å². The number of sulfonamides is 1. The van der Waals surface area contributed by atoms with Gasteiger partial charge in [0.2, 0.25) is 15.9 Å². The van der Waals surface area contributed by atoms with Crippen molar-refractivity contribution in [2.75, 3.05) is 17.7 Å². The van der Waals surface area contributed by atoms with Crippen LogP contribution >= 0.6 is 0 Å². The number of rotatable bonds is 9. The molecule has 32 heavy (non-hydrogen) atoms. The molecule has 8 heteroatoms. The van der Waals surface area contributed by atoms with Gasteiger partial charge in [0.15, 0.2) is 0 Å². The van der Waals surface area contributed by atoms with E-state index in [4.69, 9.17) is 4.74 Å². The molecule has 2 rings (SSSR count). The lowest BCUT2D eigenvalue weighted by Crippen LogP contribution is -2.49. The Bertz CT molecular complexity index is 1050. The summed E-state index contributed by atoms with van der Waals surface area (Å²) in [7, 11) is -2.16. The molecule has 0 aliphatic carbocycles. The number of hydrogen-bond donors (Lipinski definition) is 1. The summed E-state index contributed by atoms with van der Waals surface area (Å²) >= 11 is 0. The molecule has 0 saturated carbocycles. The number of amides is 1. The molecule has 0 spiro atoms. The molecule has 2 aromatic carbocycles. The normalized spacial score (nSPS) is 13.5. The van der Waals surface area contributed by atoms with Gasteiger partial charge < -0.3 is 10.1 Å². The van der Waals surface area contributed by atoms with Crippen LogP contribution in [-0.2, 0) is 14.8 Å². The monoisotopic (exact) mass is 464 g/mol. The van der Waals surface area contributed by atoms with Crippen LogP contribution in [0.25, 0.3) is 0 Å². The first-order valence-corrected chi connectivity index (χ1v) is 12.5. The van der Waals surface area contributed by atoms with Gasteiger partial charge >= 0.3 is 0 Å². The predicted octanol–water partition coefficient (Wildman–Crippen LogP) is 4.69. The SMILES string of the molecule is CCC(C(=O)NC(C)c1cc(C(C)C)c(OC)cc1C)N(c1ccc(F)cc1)S(C)(=O)=O. The molecule has 0 aliphatic heterocycles. The number of nitrogens with one attached hydrogen (secondary N) is 1. The van der Waals surface area contributed by atoms with E-state index >= 15 is 0 Å². The third-order valence-corrected chi connectivity index (χ3v) is 6.66. The zero-order valence-corrected chi connectivity index (χ0v) is 20.6. The first-order chi connectivity index (χ1) is 14.9. The maximum absolute atomic E-state index is 13.4. The minimum absolute atomic E-state index is 0.231. The summed E-state index contributed by atoms with van der Waals surface area (Å²) in [6.45, 7) is 9.70. The highest BCUT2D eigenvalue weighted by Crippen LogP contribution is 2.32. The predicted molar refractivity (Wildman–Crippen MR) is 126 cm³/mol. The van der Waals surface area contributed by atoms with Crippen LogP contribution in [0.2, 0.25) is 0 Å². The molecule has 6 nitrogen and oxygen atoms in total. The second kappa shape index (κ2) is 10.3. The van der Waals surface area contributed by atoms with Gasteiger partial charge in [0, 0.05) is 0 Å². The van der Waals surface area contributed by atoms with Gasteiger partial charge in [-0.05, 0) is 79.3 Å². The van der Waals surface area contributed by atoms with Crippen LogP contribution in [0.3, 0.4) is 0 Å². The molecule has 0 saturated heterocycles. The standard InChI is InChI=1S/C24H33FN2O4S/c1-8-22(27(32(7,29)30)19-11-9-18(25)10-12-19)24(28)26-17(5)21-14-20(15(2)3)23(31-6)13-16(21)4/h9-15,17,22H,8H2,1-7H3,(H,26,28). The molecular weight excluding hydrogens is 431 g/mol. The lowest BCUT2D eigenvalue weighted by atomic mass is 9.93. The van der Waals surface area contributed by atoms with Gasteiger partial charge in [-0.3, -0.25) is 9.10 Å². The van der Waals surface area contributed by atoms with Gasteiger partial charge in [-0.15, -0.1) is 0 Å². The fourth-order valence-electron chi connectivity index (χ4n) is 3.85. The van der Waals surface area contributed by atoms with E-state index in [0.717, 1.165) is 33.0 Å². The zero-order chi connectivity index (χ0) is 24.2. The van der Waals surface area contributed by atoms with E-state index < -0.39 is 27.8 Å². The van der Waals surface area contributed by atoms with Crippen LogP contribution in [0.5, 0.6) is 5.75 Å². The van der Waals surface area contributed by atoms with Gasteiger partial charge in [-0.25, -0.2) is 12.8 Å². The Balaban J connectivity index is 2.38. The Morgan fingerprint density at radius 1 is 1.12 bits per heavy atom. The maximum atomic E-state index is 13.4. The lowest BCUT2D eigenvalue weighted by molar-refractivity contribution is -0.122. The van der Waals surface area contributed by atoms with Gasteiger partial charge in [0.1, 0.15) is 17.6 Å². The third-order valence-electron chi connectivity index (χ3n) is 5.48. The van der Waals surface area contributed by atoms with Crippen molar-refractivity contribution in [3.05, 3.63) is 58.9 Å². The summed E-state index contributed by atoms with van der Waals surface area (Å²) in [4.78, 5) is 13.2. The summed E-state index contributed by atoms with van der Waals surface area (Å²) in [5.74, 6) is 0.126. The number of anilines is 1. The topological polar surface area (TPSA) is 75.7 Å². The molecule has 0 aromatic heterocycles. The van der Waals surface area contributed by atoms with E-state index in [1.54, 1.807) is 14.0 Å². The Kier molecular flexibility index (Phi) is 8.29. The summed E-state index contributed by atoms with van der Waals surface area (Å²) in [6.07, 6.45) is 1.29. The molecule has 2 unspecified atom stereocenters. The highest BCUT2D eigenvalue weighted by molar-refractivity contribution is 7.92. The molecule has 2 atom stereocenters. The summed E-state index contributed by atoms with van der Waals surface area (Å²) < 4.78 is 45.0. The van der Waals surface area contributed by atoms with Crippen molar-refractivity contribution in [2.45, 2.75) is 59.0 Å². The number of nitrogens with zero attached hydrogens (tertiary/aromatic N) is 1. The van der Waals surface area contributed by atoms with Gasteiger partial charge in [-0.2, -0.15) is 0 Å². The molecule has 1 N–H and O–H groups in total. The van der Waals surface area contributed by atoms with Crippen molar-refractivity contribution in [1.29, 1.82) is 0 Å². The Labute approximate surface area is 190 Å². The van der Waals surface area contributed by atoms with Gasteiger partial charge in [0.25, 0.3) is 0 Å². The van der Waals surface area contributed by atoms with Crippen LogP contribution in [0.15, 0.2) is 36.4 Å². The summed E-state index contributed by atoms with van der Waals surface area (Å²) in [5, 5.41) is 2.97. The van der Waals surface area contributed by atoms with E-state index in [-0.39, 0.29) is 24.1 Å². The van der Waals surface area contributed by atoms with Gasteiger partial charge in [0.05, 0.1) is 25.1 Å². The van der Waals surface area contributed by atoms with Crippen LogP contribution in [-0.4, -0.2) is 33.7 Å². The molecule has 0 bridgehead atoms. The van der Waals surface area contributed by atoms with Crippen molar-refractivity contribution in [1.82, 2.24) is 5.32 Å². The fourth-order valence-corrected chi connectivity index (χ4v) is 5.06. The van der Waals surface area contributed by atoms with Gasteiger partial charge in [-0.1, -0.05) is 20.8 Å². The highest BCUT2D eigenvalue weighted by Gasteiger charge is 2.32. The summed E-state index contributed by atoms with van der Waals surface area (Å²) in [5.41, 5.74) is 3.17. The number of halogens is 1. The average Bonchev–Trinajstić information content (AvgIpc) is 2.71. The third kappa shape index (κ3) is 5.79. The number of carbonyl (C=O) groups is 1. The smallest absolute Gasteiger partial charge is 0.244 e. The second-order valence-electron chi connectivity index (χ2n) is 8.30. The maximum Gasteiger partial charge on any atom is 0.244 e. The molecular formula is C24H33FN2O4S. The lowest BCUT2D eigenvalue weighted by Gasteiger charge is -2.31. The van der Waals surface area contributed by atoms with Crippen molar-refractivity contribution < 1.29 is 22.3 Å². The molecule has 0 radical (unpaired) electrons.